The Morgan fingerprint density at radius 1 is 1.13 bits per heavy atom. The summed E-state index contributed by atoms with van der Waals surface area (Å²) >= 11 is 0. The fourth-order valence-electron chi connectivity index (χ4n) is 6.45. The van der Waals surface area contributed by atoms with Crippen LogP contribution in [0.25, 0.3) is 0 Å². The highest BCUT2D eigenvalue weighted by Gasteiger charge is 2.46. The number of ether oxygens (including phenoxy) is 3. The van der Waals surface area contributed by atoms with Gasteiger partial charge in [0.05, 0.1) is 6.04 Å². The summed E-state index contributed by atoms with van der Waals surface area (Å²) in [4.78, 5) is 18.0. The molecule has 4 heterocycles. The van der Waals surface area contributed by atoms with Crippen LogP contribution in [0, 0.1) is 11.8 Å². The summed E-state index contributed by atoms with van der Waals surface area (Å²) < 4.78 is 16.6. The third-order valence-electron chi connectivity index (χ3n) is 7.68. The first-order chi connectivity index (χ1) is 14.8. The third kappa shape index (κ3) is 3.16. The van der Waals surface area contributed by atoms with Crippen LogP contribution in [0.5, 0.6) is 17.2 Å². The second kappa shape index (κ2) is 7.49. The fourth-order valence-corrected chi connectivity index (χ4v) is 6.45. The highest BCUT2D eigenvalue weighted by Crippen LogP contribution is 2.45. The first kappa shape index (κ1) is 18.6. The lowest BCUT2D eigenvalue weighted by Crippen LogP contribution is -2.60. The molecule has 6 heteroatoms. The van der Waals surface area contributed by atoms with E-state index >= 15 is 0 Å². The molecule has 30 heavy (non-hydrogen) atoms. The van der Waals surface area contributed by atoms with E-state index in [4.69, 9.17) is 14.2 Å². The van der Waals surface area contributed by atoms with Gasteiger partial charge in [0, 0.05) is 25.2 Å². The Hall–Kier alpha value is -2.21. The van der Waals surface area contributed by atoms with Crippen molar-refractivity contribution in [3.05, 3.63) is 29.8 Å². The zero-order valence-corrected chi connectivity index (χ0v) is 17.4. The van der Waals surface area contributed by atoms with E-state index in [2.05, 4.69) is 15.9 Å². The normalized spacial score (nSPS) is 32.1. The van der Waals surface area contributed by atoms with Gasteiger partial charge in [-0.25, -0.2) is 0 Å². The molecule has 0 aromatic heterocycles. The molecular weight excluding hydrogens is 380 g/mol. The average molecular weight is 411 g/mol. The summed E-state index contributed by atoms with van der Waals surface area (Å²) in [5.74, 6) is 3.42. The van der Waals surface area contributed by atoms with Crippen LogP contribution in [0.15, 0.2) is 29.8 Å². The molecule has 6 rings (SSSR count). The molecule has 0 unspecified atom stereocenters. The lowest BCUT2D eigenvalue weighted by molar-refractivity contribution is -0.138. The molecule has 0 radical (unpaired) electrons. The highest BCUT2D eigenvalue weighted by atomic mass is 16.7. The minimum absolute atomic E-state index is 0.0753. The Bertz CT molecular complexity index is 869. The van der Waals surface area contributed by atoms with E-state index < -0.39 is 0 Å². The van der Waals surface area contributed by atoms with E-state index in [1.165, 1.54) is 37.8 Å². The largest absolute Gasteiger partial charge is 0.484 e. The molecule has 1 aromatic rings. The summed E-state index contributed by atoms with van der Waals surface area (Å²) in [6, 6.07) is 6.49. The number of carbonyl (C=O) groups is 1. The van der Waals surface area contributed by atoms with Crippen molar-refractivity contribution in [3.63, 3.8) is 0 Å². The minimum atomic E-state index is 0.0753. The van der Waals surface area contributed by atoms with Crippen LogP contribution in [0.2, 0.25) is 0 Å². The van der Waals surface area contributed by atoms with Gasteiger partial charge in [0.25, 0.3) is 5.91 Å². The maximum absolute atomic E-state index is 13.2. The fraction of sp³-hybridized carbons (Fsp3) is 0.625. The van der Waals surface area contributed by atoms with Crippen molar-refractivity contribution < 1.29 is 19.0 Å². The first-order valence-corrected chi connectivity index (χ1v) is 11.5. The molecule has 5 aliphatic rings. The summed E-state index contributed by atoms with van der Waals surface area (Å²) in [6.45, 7) is 3.54. The number of nitrogens with zero attached hydrogens (tertiary/aromatic N) is 2. The van der Waals surface area contributed by atoms with Gasteiger partial charge in [-0.3, -0.25) is 9.69 Å². The number of benzene rings is 1. The van der Waals surface area contributed by atoms with Crippen LogP contribution < -0.4 is 14.2 Å². The molecule has 4 atom stereocenters. The van der Waals surface area contributed by atoms with Gasteiger partial charge in [-0.15, -0.1) is 0 Å². The van der Waals surface area contributed by atoms with Gasteiger partial charge in [0.15, 0.2) is 18.1 Å². The predicted molar refractivity (Wildman–Crippen MR) is 112 cm³/mol. The SMILES string of the molecule is O=C(COc1ccc2c(c1)OCO2)N1CCCC2=C[C@H]3C[C@H](CN4CCCC[C@H]34)[C@@H]21. The molecule has 0 spiro atoms. The molecule has 0 saturated carbocycles. The molecule has 4 aliphatic heterocycles. The Labute approximate surface area is 177 Å². The van der Waals surface area contributed by atoms with E-state index in [0.717, 1.165) is 37.7 Å². The van der Waals surface area contributed by atoms with Crippen LogP contribution in [0.4, 0.5) is 0 Å². The van der Waals surface area contributed by atoms with E-state index in [1.54, 1.807) is 6.07 Å². The highest BCUT2D eigenvalue weighted by molar-refractivity contribution is 5.79. The second-order valence-corrected chi connectivity index (χ2v) is 9.40. The van der Waals surface area contributed by atoms with Crippen molar-refractivity contribution in [2.45, 2.75) is 50.6 Å². The molecule has 2 bridgehead atoms. The Balaban J connectivity index is 1.17. The number of likely N-dealkylation sites (tertiary alicyclic amines) is 1. The smallest absolute Gasteiger partial charge is 0.261 e. The van der Waals surface area contributed by atoms with Gasteiger partial charge < -0.3 is 19.1 Å². The molecule has 1 amide bonds. The van der Waals surface area contributed by atoms with Gasteiger partial charge in [-0.05, 0) is 62.6 Å². The van der Waals surface area contributed by atoms with Crippen LogP contribution in [-0.2, 0) is 4.79 Å². The second-order valence-electron chi connectivity index (χ2n) is 9.40. The lowest BCUT2D eigenvalue weighted by Gasteiger charge is -2.54. The summed E-state index contributed by atoms with van der Waals surface area (Å²) in [5.41, 5.74) is 1.52. The Kier molecular flexibility index (Phi) is 4.63. The third-order valence-corrected chi connectivity index (χ3v) is 7.68. The van der Waals surface area contributed by atoms with Crippen molar-refractivity contribution in [1.82, 2.24) is 9.80 Å². The molecule has 6 nitrogen and oxygen atoms in total. The zero-order valence-electron chi connectivity index (χ0n) is 17.4. The van der Waals surface area contributed by atoms with Crippen LogP contribution >= 0.6 is 0 Å². The van der Waals surface area contributed by atoms with E-state index in [9.17, 15) is 4.79 Å². The summed E-state index contributed by atoms with van der Waals surface area (Å²) in [6.07, 6.45) is 10.0. The number of hydrogen-bond donors (Lipinski definition) is 0. The van der Waals surface area contributed by atoms with E-state index in [1.807, 2.05) is 12.1 Å². The van der Waals surface area contributed by atoms with E-state index in [-0.39, 0.29) is 25.3 Å². The van der Waals surface area contributed by atoms with Gasteiger partial charge in [-0.2, -0.15) is 0 Å². The lowest BCUT2D eigenvalue weighted by atomic mass is 9.68. The Morgan fingerprint density at radius 2 is 2.07 bits per heavy atom. The number of hydrogen-bond acceptors (Lipinski definition) is 5. The molecule has 3 fully saturated rings. The molecule has 160 valence electrons. The standard InChI is InChI=1S/C24H30N2O4/c27-23(14-28-19-6-7-21-22(12-19)30-15-29-21)26-9-3-4-16-10-17-11-18(24(16)26)13-25-8-2-1-5-20(17)25/h6-7,10,12,17-18,20,24H,1-5,8-9,11,13-15H2/t17-,18+,20+,24+/m0/s1. The number of piperidine rings is 3. The summed E-state index contributed by atoms with van der Waals surface area (Å²) in [7, 11) is 0. The molecule has 1 aromatic carbocycles. The van der Waals surface area contributed by atoms with Crippen molar-refractivity contribution in [2.75, 3.05) is 33.0 Å². The number of rotatable bonds is 3. The molecular formula is C24H30N2O4. The number of amides is 1. The predicted octanol–water partition coefficient (Wildman–Crippen LogP) is 3.22. The quantitative estimate of drug-likeness (QED) is 0.717. The van der Waals surface area contributed by atoms with Gasteiger partial charge in [0.2, 0.25) is 6.79 Å². The van der Waals surface area contributed by atoms with Crippen LogP contribution in [-0.4, -0.2) is 60.8 Å². The molecule has 0 N–H and O–H groups in total. The first-order valence-electron chi connectivity index (χ1n) is 11.5. The summed E-state index contributed by atoms with van der Waals surface area (Å²) in [5, 5.41) is 0. The van der Waals surface area contributed by atoms with Gasteiger partial charge in [0.1, 0.15) is 5.75 Å². The zero-order chi connectivity index (χ0) is 20.1. The van der Waals surface area contributed by atoms with Crippen molar-refractivity contribution in [1.29, 1.82) is 0 Å². The van der Waals surface area contributed by atoms with Crippen LogP contribution in [0.3, 0.4) is 0 Å². The van der Waals surface area contributed by atoms with Crippen molar-refractivity contribution >= 4 is 5.91 Å². The molecule has 1 aliphatic carbocycles. The maximum Gasteiger partial charge on any atom is 0.261 e. The maximum atomic E-state index is 13.2. The monoisotopic (exact) mass is 410 g/mol. The van der Waals surface area contributed by atoms with Crippen LogP contribution in [0.1, 0.15) is 38.5 Å². The minimum Gasteiger partial charge on any atom is -0.484 e. The topological polar surface area (TPSA) is 51.2 Å². The van der Waals surface area contributed by atoms with E-state index in [0.29, 0.717) is 23.3 Å². The number of fused-ring (bicyclic) bond motifs is 7. The number of carbonyl (C=O) groups excluding carboxylic acids is 1. The Morgan fingerprint density at radius 3 is 3.03 bits per heavy atom. The van der Waals surface area contributed by atoms with Gasteiger partial charge >= 0.3 is 0 Å². The van der Waals surface area contributed by atoms with Crippen molar-refractivity contribution in [2.24, 2.45) is 11.8 Å². The van der Waals surface area contributed by atoms with Crippen molar-refractivity contribution in [3.8, 4) is 17.2 Å². The van der Waals surface area contributed by atoms with Gasteiger partial charge in [-0.1, -0.05) is 18.1 Å². The average Bonchev–Trinajstić information content (AvgIpc) is 3.25. The molecule has 3 saturated heterocycles.